The van der Waals surface area contributed by atoms with E-state index in [2.05, 4.69) is 26.6 Å². The molecule has 0 aromatic rings. The molecule has 7 amide bonds. The Balaban J connectivity index is 2.15. The summed E-state index contributed by atoms with van der Waals surface area (Å²) in [5.41, 5.74) is 0.0582. The quantitative estimate of drug-likeness (QED) is 0.0576. The third-order valence-corrected chi connectivity index (χ3v) is 9.31. The molecular weight excluding hydrogens is 772 g/mol. The van der Waals surface area contributed by atoms with Gasteiger partial charge in [0, 0.05) is 25.2 Å². The second-order valence-electron chi connectivity index (χ2n) is 14.6. The predicted octanol–water partition coefficient (Wildman–Crippen LogP) is -6.32. The van der Waals surface area contributed by atoms with Gasteiger partial charge in [0.05, 0.1) is 43.6 Å². The van der Waals surface area contributed by atoms with Gasteiger partial charge in [0.1, 0.15) is 36.3 Å². The first-order valence-electron chi connectivity index (χ1n) is 18.6. The average Bonchev–Trinajstić information content (AvgIpc) is 3.61. The van der Waals surface area contributed by atoms with Crippen molar-refractivity contribution in [3.8, 4) is 0 Å². The molecule has 2 aliphatic rings. The number of aliphatic hydroxyl groups is 5. The number of nitrogens with one attached hydrogen (secondary N) is 6. The first-order valence-corrected chi connectivity index (χ1v) is 18.6. The highest BCUT2D eigenvalue weighted by Crippen LogP contribution is 2.21. The maximum atomic E-state index is 13.8. The third-order valence-electron chi connectivity index (χ3n) is 9.31. The monoisotopic (exact) mass is 828 g/mol. The Morgan fingerprint density at radius 1 is 0.638 bits per heavy atom. The lowest BCUT2D eigenvalue weighted by Gasteiger charge is -2.35. The van der Waals surface area contributed by atoms with Gasteiger partial charge < -0.3 is 72.3 Å². The Morgan fingerprint density at radius 3 is 1.59 bits per heavy atom. The fourth-order valence-electron chi connectivity index (χ4n) is 6.19. The summed E-state index contributed by atoms with van der Waals surface area (Å²) in [5, 5.41) is 74.0. The van der Waals surface area contributed by atoms with E-state index in [1.54, 1.807) is 0 Å². The number of aliphatic carboxylic acids is 1. The van der Waals surface area contributed by atoms with Crippen molar-refractivity contribution < 1.29 is 73.8 Å². The first kappa shape index (κ1) is 48.9. The predicted molar refractivity (Wildman–Crippen MR) is 198 cm³/mol. The highest BCUT2D eigenvalue weighted by atomic mass is 16.4. The van der Waals surface area contributed by atoms with E-state index in [0.29, 0.717) is 6.42 Å². The third kappa shape index (κ3) is 13.4. The molecule has 58 heavy (non-hydrogen) atoms. The standard InChI is InChI=1S/C35H56N8O15/c1-14(29(51)39-24(15(2)44)31(53)40-25(16(3)45)32(54)41-28(19(6)48)35(57)58)36-30(52)23-9-8-10-43(23)34(56)27(18(5)47)38-21-11-22(50)13-42(12-21)33(55)26(17(4)46)37-20(7)49/h11,14-19,23-28,38,44-48H,8-10,12-13H2,1-7H3,(H,36,52)(H,37,49)(H,39,51)(H,40,53)(H,41,54)(H,57,58)/t14-,15+,16+,17+,18+,19+,23+,24-,25-,26-,27-,28-/m0/s1. The fraction of sp³-hybridized carbons (Fsp3) is 0.686. The second kappa shape index (κ2) is 21.5. The Hall–Kier alpha value is -5.23. The van der Waals surface area contributed by atoms with E-state index in [1.807, 2.05) is 5.32 Å². The largest absolute Gasteiger partial charge is 0.480 e. The topological polar surface area (TPSA) is 354 Å². The molecule has 12 atom stereocenters. The van der Waals surface area contributed by atoms with Crippen LogP contribution in [0.2, 0.25) is 0 Å². The van der Waals surface area contributed by atoms with Crippen molar-refractivity contribution >= 4 is 53.1 Å². The number of carboxylic acid groups (broad SMARTS) is 1. The van der Waals surface area contributed by atoms with E-state index < -0.39 is 126 Å². The van der Waals surface area contributed by atoms with Crippen LogP contribution in [0.4, 0.5) is 0 Å². The lowest BCUT2D eigenvalue weighted by atomic mass is 10.1. The van der Waals surface area contributed by atoms with Gasteiger partial charge in [0.2, 0.25) is 41.4 Å². The number of rotatable bonds is 19. The number of amides is 7. The van der Waals surface area contributed by atoms with Gasteiger partial charge in [-0.25, -0.2) is 4.79 Å². The minimum atomic E-state index is -1.79. The lowest BCUT2D eigenvalue weighted by Crippen LogP contribution is -2.63. The maximum absolute atomic E-state index is 13.8. The zero-order chi connectivity index (χ0) is 44.3. The number of carbonyl (C=O) groups is 9. The summed E-state index contributed by atoms with van der Waals surface area (Å²) < 4.78 is 0. The zero-order valence-electron chi connectivity index (χ0n) is 33.3. The number of hydrogen-bond acceptors (Lipinski definition) is 15. The van der Waals surface area contributed by atoms with Crippen molar-refractivity contribution in [2.24, 2.45) is 0 Å². The number of carboxylic acids is 1. The van der Waals surface area contributed by atoms with Crippen LogP contribution in [0.5, 0.6) is 0 Å². The molecule has 0 aliphatic carbocycles. The van der Waals surface area contributed by atoms with Crippen LogP contribution in [0.3, 0.4) is 0 Å². The summed E-state index contributed by atoms with van der Waals surface area (Å²) >= 11 is 0. The van der Waals surface area contributed by atoms with Crippen molar-refractivity contribution in [2.75, 3.05) is 19.6 Å². The van der Waals surface area contributed by atoms with Crippen LogP contribution in [0.1, 0.15) is 61.3 Å². The van der Waals surface area contributed by atoms with Crippen molar-refractivity contribution in [3.05, 3.63) is 11.8 Å². The molecule has 23 nitrogen and oxygen atoms in total. The number of ketones is 1. The minimum absolute atomic E-state index is 0.0582. The molecule has 2 rings (SSSR count). The molecule has 326 valence electrons. The van der Waals surface area contributed by atoms with Gasteiger partial charge in [-0.05, 0) is 54.4 Å². The van der Waals surface area contributed by atoms with E-state index in [1.165, 1.54) is 25.7 Å². The summed E-state index contributed by atoms with van der Waals surface area (Å²) in [5.74, 6) is -8.42. The number of hydrogen-bond donors (Lipinski definition) is 12. The molecule has 0 spiro atoms. The zero-order valence-corrected chi connectivity index (χ0v) is 33.3. The van der Waals surface area contributed by atoms with Gasteiger partial charge in [0.15, 0.2) is 11.8 Å². The van der Waals surface area contributed by atoms with Crippen LogP contribution in [0.25, 0.3) is 0 Å². The fourth-order valence-corrected chi connectivity index (χ4v) is 6.19. The van der Waals surface area contributed by atoms with Crippen LogP contribution in [-0.4, -0.2) is 186 Å². The molecule has 2 heterocycles. The summed E-state index contributed by atoms with van der Waals surface area (Å²) in [7, 11) is 0. The molecule has 1 saturated heterocycles. The molecule has 0 radical (unpaired) electrons. The molecule has 1 fully saturated rings. The normalized spacial score (nSPS) is 21.2. The van der Waals surface area contributed by atoms with Crippen molar-refractivity contribution in [3.63, 3.8) is 0 Å². The maximum Gasteiger partial charge on any atom is 0.328 e. The Bertz CT molecular complexity index is 1600. The number of likely N-dealkylation sites (tertiary alicyclic amines) is 1. The van der Waals surface area contributed by atoms with Crippen LogP contribution in [0, 0.1) is 0 Å². The highest BCUT2D eigenvalue weighted by molar-refractivity contribution is 5.99. The van der Waals surface area contributed by atoms with Gasteiger partial charge in [0.25, 0.3) is 0 Å². The number of nitrogens with zero attached hydrogens (tertiary/aromatic N) is 2. The highest BCUT2D eigenvalue weighted by Gasteiger charge is 2.41. The number of aliphatic hydroxyl groups excluding tert-OH is 5. The van der Waals surface area contributed by atoms with E-state index in [-0.39, 0.29) is 31.8 Å². The Kier molecular flexibility index (Phi) is 18.1. The summed E-state index contributed by atoms with van der Waals surface area (Å²) in [6, 6.07) is -10.7. The van der Waals surface area contributed by atoms with E-state index >= 15 is 0 Å². The molecule has 2 aliphatic heterocycles. The van der Waals surface area contributed by atoms with Crippen LogP contribution < -0.4 is 31.9 Å². The van der Waals surface area contributed by atoms with Crippen LogP contribution >= 0.6 is 0 Å². The van der Waals surface area contributed by atoms with Crippen molar-refractivity contribution in [1.82, 2.24) is 41.7 Å². The lowest BCUT2D eigenvalue weighted by molar-refractivity contribution is -0.146. The van der Waals surface area contributed by atoms with E-state index in [0.717, 1.165) is 38.7 Å². The van der Waals surface area contributed by atoms with Gasteiger partial charge in [-0.15, -0.1) is 0 Å². The molecule has 0 aromatic heterocycles. The van der Waals surface area contributed by atoms with Crippen LogP contribution in [-0.2, 0) is 43.2 Å². The number of carbonyl (C=O) groups excluding carboxylic acids is 8. The summed E-state index contributed by atoms with van der Waals surface area (Å²) in [4.78, 5) is 117. The molecule has 0 bridgehead atoms. The Labute approximate surface area is 333 Å². The first-order chi connectivity index (χ1) is 26.9. The smallest absolute Gasteiger partial charge is 0.328 e. The summed E-state index contributed by atoms with van der Waals surface area (Å²) in [6.45, 7) is 7.70. The van der Waals surface area contributed by atoms with Crippen molar-refractivity contribution in [1.29, 1.82) is 0 Å². The Morgan fingerprint density at radius 2 is 1.12 bits per heavy atom. The van der Waals surface area contributed by atoms with E-state index in [9.17, 15) is 73.8 Å². The summed E-state index contributed by atoms with van der Waals surface area (Å²) in [6.07, 6.45) is -5.83. The molecule has 0 unspecified atom stereocenters. The average molecular weight is 829 g/mol. The van der Waals surface area contributed by atoms with Gasteiger partial charge in [-0.2, -0.15) is 0 Å². The molecule has 23 heteroatoms. The SMILES string of the molecule is CC(=O)N[C@H](C(=O)N1CC(=O)C=C(N[C@H](C(=O)N2CCC[C@@H]2C(=O)N[C@@H](C)C(=O)N[C@H](C(=O)N[C@H](C(=O)N[C@H](C(=O)O)[C@@H](C)O)[C@@H](C)O)[C@@H](C)O)[C@@H](C)O)C1)[C@@H](C)O. The second-order valence-corrected chi connectivity index (χ2v) is 14.6. The molecule has 12 N–H and O–H groups in total. The van der Waals surface area contributed by atoms with Gasteiger partial charge in [-0.3, -0.25) is 38.4 Å². The van der Waals surface area contributed by atoms with Crippen LogP contribution in [0.15, 0.2) is 11.8 Å². The van der Waals surface area contributed by atoms with Gasteiger partial charge in [-0.1, -0.05) is 0 Å². The molecule has 0 aromatic carbocycles. The molecular formula is C35H56N8O15. The van der Waals surface area contributed by atoms with Crippen molar-refractivity contribution in [2.45, 2.75) is 134 Å². The van der Waals surface area contributed by atoms with Gasteiger partial charge >= 0.3 is 5.97 Å². The molecule has 0 saturated carbocycles. The minimum Gasteiger partial charge on any atom is -0.480 e. The van der Waals surface area contributed by atoms with E-state index in [4.69, 9.17) is 0 Å².